The summed E-state index contributed by atoms with van der Waals surface area (Å²) in [7, 11) is 0. The smallest absolute Gasteiger partial charge is 0.292 e. The summed E-state index contributed by atoms with van der Waals surface area (Å²) in [6.45, 7) is 5.20. The third kappa shape index (κ3) is 3.33. The van der Waals surface area contributed by atoms with Crippen molar-refractivity contribution in [3.8, 4) is 0 Å². The molecule has 2 heterocycles. The van der Waals surface area contributed by atoms with Crippen molar-refractivity contribution in [3.63, 3.8) is 0 Å². The first kappa shape index (κ1) is 18.0. The van der Waals surface area contributed by atoms with Crippen LogP contribution in [0.15, 0.2) is 48.5 Å². The third-order valence-electron chi connectivity index (χ3n) is 5.59. The Morgan fingerprint density at radius 1 is 0.963 bits per heavy atom. The van der Waals surface area contributed by atoms with Crippen LogP contribution in [0.4, 0.5) is 11.4 Å². The van der Waals surface area contributed by atoms with E-state index in [-0.39, 0.29) is 24.3 Å². The van der Waals surface area contributed by atoms with Crippen LogP contribution in [0.25, 0.3) is 0 Å². The van der Waals surface area contributed by atoms with Gasteiger partial charge in [0.25, 0.3) is 5.91 Å². The van der Waals surface area contributed by atoms with Gasteiger partial charge in [-0.05, 0) is 30.7 Å². The fourth-order valence-corrected chi connectivity index (χ4v) is 4.37. The van der Waals surface area contributed by atoms with Gasteiger partial charge in [0.15, 0.2) is 6.04 Å². The van der Waals surface area contributed by atoms with Gasteiger partial charge in [-0.15, -0.1) is 0 Å². The number of halogens is 1. The van der Waals surface area contributed by atoms with Gasteiger partial charge in [0.1, 0.15) is 0 Å². The normalized spacial score (nSPS) is 21.2. The molecule has 2 aliphatic heterocycles. The molecular weight excluding hydrogens is 362 g/mol. The lowest BCUT2D eigenvalue weighted by molar-refractivity contribution is -0.915. The summed E-state index contributed by atoms with van der Waals surface area (Å²) in [5.41, 5.74) is 2.69. The van der Waals surface area contributed by atoms with Gasteiger partial charge in [-0.25, -0.2) is 4.90 Å². The Kier molecular flexibility index (Phi) is 4.89. The Hall–Kier alpha value is -2.37. The first-order valence-corrected chi connectivity index (χ1v) is 9.70. The molecule has 4 rings (SSSR count). The fourth-order valence-electron chi connectivity index (χ4n) is 4.11. The predicted molar refractivity (Wildman–Crippen MR) is 106 cm³/mol. The Balaban J connectivity index is 1.46. The molecule has 6 heteroatoms. The Bertz CT molecular complexity index is 877. The van der Waals surface area contributed by atoms with Crippen molar-refractivity contribution in [2.45, 2.75) is 19.4 Å². The molecule has 1 atom stereocenters. The number of quaternary nitrogens is 1. The zero-order valence-corrected chi connectivity index (χ0v) is 16.1. The lowest BCUT2D eigenvalue weighted by Crippen LogP contribution is -3.19. The Labute approximate surface area is 164 Å². The standard InChI is InChI=1S/C21H22ClN3O2/c1-15-6-2-4-8-17(15)25-20(26)14-19(21(25)27)24-12-10-23(11-13-24)18-9-5-3-7-16(18)22/h2-9,19H,10-14H2,1H3/p+1/t19-/m1/s1. The quantitative estimate of drug-likeness (QED) is 0.819. The SMILES string of the molecule is Cc1ccccc1N1C(=O)C[C@@H]([NH+]2CCN(c3ccccc3Cl)CC2)C1=O. The molecule has 0 bridgehead atoms. The zero-order chi connectivity index (χ0) is 19.0. The highest BCUT2D eigenvalue weighted by atomic mass is 35.5. The molecule has 0 unspecified atom stereocenters. The molecule has 0 aliphatic carbocycles. The van der Waals surface area contributed by atoms with Crippen molar-refractivity contribution in [2.24, 2.45) is 0 Å². The van der Waals surface area contributed by atoms with Gasteiger partial charge >= 0.3 is 0 Å². The molecule has 0 aromatic heterocycles. The van der Waals surface area contributed by atoms with Crippen molar-refractivity contribution in [2.75, 3.05) is 36.0 Å². The Morgan fingerprint density at radius 2 is 1.59 bits per heavy atom. The molecule has 27 heavy (non-hydrogen) atoms. The van der Waals surface area contributed by atoms with E-state index < -0.39 is 0 Å². The van der Waals surface area contributed by atoms with Crippen LogP contribution in [0.5, 0.6) is 0 Å². The summed E-state index contributed by atoms with van der Waals surface area (Å²) in [5.74, 6) is -0.171. The minimum absolute atomic E-state index is 0.0736. The molecule has 2 aromatic carbocycles. The van der Waals surface area contributed by atoms with E-state index in [1.807, 2.05) is 55.5 Å². The molecule has 2 fully saturated rings. The molecule has 0 radical (unpaired) electrons. The molecular formula is C21H23ClN3O2+. The third-order valence-corrected chi connectivity index (χ3v) is 5.91. The van der Waals surface area contributed by atoms with Crippen LogP contribution >= 0.6 is 11.6 Å². The molecule has 2 aromatic rings. The van der Waals surface area contributed by atoms with Crippen LogP contribution in [-0.4, -0.2) is 44.0 Å². The number of hydrogen-bond donors (Lipinski definition) is 1. The highest BCUT2D eigenvalue weighted by Gasteiger charge is 2.46. The Morgan fingerprint density at radius 3 is 2.26 bits per heavy atom. The number of anilines is 2. The number of carbonyl (C=O) groups is 2. The second-order valence-corrected chi connectivity index (χ2v) is 7.61. The summed E-state index contributed by atoms with van der Waals surface area (Å²) < 4.78 is 0. The van der Waals surface area contributed by atoms with Crippen LogP contribution in [0.2, 0.25) is 5.02 Å². The second kappa shape index (κ2) is 7.33. The van der Waals surface area contributed by atoms with E-state index in [1.165, 1.54) is 9.80 Å². The van der Waals surface area contributed by atoms with Gasteiger partial charge in [-0.2, -0.15) is 0 Å². The molecule has 0 saturated carbocycles. The van der Waals surface area contributed by atoms with E-state index in [0.29, 0.717) is 5.69 Å². The minimum Gasteiger partial charge on any atom is -0.359 e. The van der Waals surface area contributed by atoms with Crippen molar-refractivity contribution >= 4 is 34.8 Å². The fraction of sp³-hybridized carbons (Fsp3) is 0.333. The summed E-state index contributed by atoms with van der Waals surface area (Å²) in [5, 5.41) is 0.749. The van der Waals surface area contributed by atoms with Gasteiger partial charge < -0.3 is 9.80 Å². The number of hydrogen-bond acceptors (Lipinski definition) is 3. The maximum Gasteiger partial charge on any atom is 0.292 e. The zero-order valence-electron chi connectivity index (χ0n) is 15.3. The molecule has 0 spiro atoms. The predicted octanol–water partition coefficient (Wildman–Crippen LogP) is 1.69. The molecule has 1 N–H and O–H groups in total. The highest BCUT2D eigenvalue weighted by molar-refractivity contribution is 6.33. The largest absolute Gasteiger partial charge is 0.359 e. The number of nitrogens with one attached hydrogen (secondary N) is 1. The maximum atomic E-state index is 13.0. The number of benzene rings is 2. The first-order chi connectivity index (χ1) is 13.1. The van der Waals surface area contributed by atoms with E-state index >= 15 is 0 Å². The van der Waals surface area contributed by atoms with Crippen LogP contribution in [0.1, 0.15) is 12.0 Å². The maximum absolute atomic E-state index is 13.0. The van der Waals surface area contributed by atoms with E-state index in [2.05, 4.69) is 4.90 Å². The number of rotatable bonds is 3. The number of imide groups is 1. The second-order valence-electron chi connectivity index (χ2n) is 7.21. The van der Waals surface area contributed by atoms with E-state index in [1.54, 1.807) is 0 Å². The van der Waals surface area contributed by atoms with Gasteiger partial charge in [-0.3, -0.25) is 9.59 Å². The number of para-hydroxylation sites is 2. The first-order valence-electron chi connectivity index (χ1n) is 9.33. The monoisotopic (exact) mass is 384 g/mol. The van der Waals surface area contributed by atoms with Gasteiger partial charge in [0.05, 0.1) is 49.0 Å². The van der Waals surface area contributed by atoms with Gasteiger partial charge in [0.2, 0.25) is 5.91 Å². The van der Waals surface area contributed by atoms with Crippen molar-refractivity contribution in [1.82, 2.24) is 0 Å². The number of nitrogens with zero attached hydrogens (tertiary/aromatic N) is 2. The van der Waals surface area contributed by atoms with E-state index in [9.17, 15) is 9.59 Å². The molecule has 2 amide bonds. The van der Waals surface area contributed by atoms with Crippen LogP contribution in [0.3, 0.4) is 0 Å². The lowest BCUT2D eigenvalue weighted by Gasteiger charge is -2.36. The molecule has 2 saturated heterocycles. The van der Waals surface area contributed by atoms with Gasteiger partial charge in [-0.1, -0.05) is 41.9 Å². The van der Waals surface area contributed by atoms with Crippen LogP contribution < -0.4 is 14.7 Å². The number of aryl methyl sites for hydroxylation is 1. The van der Waals surface area contributed by atoms with Crippen LogP contribution in [0, 0.1) is 6.92 Å². The minimum atomic E-state index is -0.287. The van der Waals surface area contributed by atoms with Crippen molar-refractivity contribution in [3.05, 3.63) is 59.1 Å². The van der Waals surface area contributed by atoms with E-state index in [0.717, 1.165) is 42.5 Å². The molecule has 2 aliphatic rings. The van der Waals surface area contributed by atoms with Crippen molar-refractivity contribution in [1.29, 1.82) is 0 Å². The summed E-state index contributed by atoms with van der Waals surface area (Å²) in [4.78, 5) is 30.4. The van der Waals surface area contributed by atoms with Gasteiger partial charge in [0, 0.05) is 0 Å². The van der Waals surface area contributed by atoms with Crippen LogP contribution in [-0.2, 0) is 9.59 Å². The number of piperazine rings is 1. The topological polar surface area (TPSA) is 45.1 Å². The highest BCUT2D eigenvalue weighted by Crippen LogP contribution is 2.26. The number of amides is 2. The number of carbonyl (C=O) groups excluding carboxylic acids is 2. The average Bonchev–Trinajstić information content (AvgIpc) is 2.97. The van der Waals surface area contributed by atoms with Crippen molar-refractivity contribution < 1.29 is 14.5 Å². The molecule has 140 valence electrons. The van der Waals surface area contributed by atoms with E-state index in [4.69, 9.17) is 11.6 Å². The summed E-state index contributed by atoms with van der Waals surface area (Å²) in [6.07, 6.45) is 0.286. The average molecular weight is 385 g/mol. The lowest BCUT2D eigenvalue weighted by atomic mass is 10.1. The molecule has 5 nitrogen and oxygen atoms in total. The summed E-state index contributed by atoms with van der Waals surface area (Å²) in [6, 6.07) is 15.1. The summed E-state index contributed by atoms with van der Waals surface area (Å²) >= 11 is 6.31.